The van der Waals surface area contributed by atoms with E-state index in [4.69, 9.17) is 9.84 Å². The SMILES string of the molecule is O=C(O)c1ccc(C(=O)N2CCN(C(=O)COc3ccc4ccccc4c3)CC2)cc1. The first-order valence-corrected chi connectivity index (χ1v) is 10.0. The highest BCUT2D eigenvalue weighted by Gasteiger charge is 2.25. The molecule has 3 aromatic rings. The number of hydrogen-bond donors (Lipinski definition) is 1. The fourth-order valence-corrected chi connectivity index (χ4v) is 3.59. The fourth-order valence-electron chi connectivity index (χ4n) is 3.59. The number of rotatable bonds is 5. The molecule has 0 unspecified atom stereocenters. The maximum Gasteiger partial charge on any atom is 0.335 e. The van der Waals surface area contributed by atoms with Gasteiger partial charge in [0.1, 0.15) is 5.75 Å². The molecule has 0 saturated carbocycles. The third-order valence-corrected chi connectivity index (χ3v) is 5.38. The van der Waals surface area contributed by atoms with Crippen LogP contribution in [-0.2, 0) is 4.79 Å². The van der Waals surface area contributed by atoms with E-state index in [1.807, 2.05) is 42.5 Å². The summed E-state index contributed by atoms with van der Waals surface area (Å²) in [5, 5.41) is 11.1. The Labute approximate surface area is 179 Å². The molecule has 31 heavy (non-hydrogen) atoms. The quantitative estimate of drug-likeness (QED) is 0.689. The lowest BCUT2D eigenvalue weighted by Gasteiger charge is -2.34. The average molecular weight is 418 g/mol. The van der Waals surface area contributed by atoms with Crippen molar-refractivity contribution in [2.75, 3.05) is 32.8 Å². The molecule has 1 aliphatic heterocycles. The summed E-state index contributed by atoms with van der Waals surface area (Å²) in [4.78, 5) is 39.5. The van der Waals surface area contributed by atoms with E-state index < -0.39 is 5.97 Å². The molecule has 4 rings (SSSR count). The van der Waals surface area contributed by atoms with Crippen LogP contribution in [0.3, 0.4) is 0 Å². The molecular weight excluding hydrogens is 396 g/mol. The van der Waals surface area contributed by atoms with Crippen molar-refractivity contribution in [1.29, 1.82) is 0 Å². The third-order valence-electron chi connectivity index (χ3n) is 5.38. The van der Waals surface area contributed by atoms with Crippen LogP contribution in [0.4, 0.5) is 0 Å². The van der Waals surface area contributed by atoms with Gasteiger partial charge in [0.05, 0.1) is 5.56 Å². The Morgan fingerprint density at radius 1 is 0.774 bits per heavy atom. The number of carbonyl (C=O) groups is 3. The summed E-state index contributed by atoms with van der Waals surface area (Å²) in [6.07, 6.45) is 0. The van der Waals surface area contributed by atoms with Gasteiger partial charge in [0, 0.05) is 31.7 Å². The van der Waals surface area contributed by atoms with Gasteiger partial charge in [-0.3, -0.25) is 9.59 Å². The molecule has 158 valence electrons. The summed E-state index contributed by atoms with van der Waals surface area (Å²) in [5.74, 6) is -0.676. The zero-order chi connectivity index (χ0) is 21.8. The number of fused-ring (bicyclic) bond motifs is 1. The minimum absolute atomic E-state index is 0.0526. The van der Waals surface area contributed by atoms with Crippen molar-refractivity contribution in [2.24, 2.45) is 0 Å². The first-order valence-electron chi connectivity index (χ1n) is 10.0. The molecule has 1 aliphatic rings. The third kappa shape index (κ3) is 4.66. The Kier molecular flexibility index (Phi) is 5.84. The predicted octanol–water partition coefficient (Wildman–Crippen LogP) is 2.90. The monoisotopic (exact) mass is 418 g/mol. The maximum atomic E-state index is 12.6. The van der Waals surface area contributed by atoms with Crippen LogP contribution in [0.2, 0.25) is 0 Å². The molecule has 1 heterocycles. The Hall–Kier alpha value is -3.87. The van der Waals surface area contributed by atoms with Crippen molar-refractivity contribution in [3.05, 3.63) is 77.9 Å². The molecule has 1 N–H and O–H groups in total. The van der Waals surface area contributed by atoms with Crippen LogP contribution in [0.1, 0.15) is 20.7 Å². The second-order valence-electron chi connectivity index (χ2n) is 7.35. The minimum Gasteiger partial charge on any atom is -0.484 e. The van der Waals surface area contributed by atoms with Gasteiger partial charge in [0.2, 0.25) is 0 Å². The summed E-state index contributed by atoms with van der Waals surface area (Å²) in [7, 11) is 0. The lowest BCUT2D eigenvalue weighted by atomic mass is 10.1. The van der Waals surface area contributed by atoms with E-state index in [2.05, 4.69) is 0 Å². The maximum absolute atomic E-state index is 12.6. The molecule has 1 fully saturated rings. The molecule has 0 aromatic heterocycles. The second-order valence-corrected chi connectivity index (χ2v) is 7.35. The fraction of sp³-hybridized carbons (Fsp3) is 0.208. The molecule has 0 radical (unpaired) electrons. The number of carbonyl (C=O) groups excluding carboxylic acids is 2. The Balaban J connectivity index is 1.29. The standard InChI is InChI=1S/C24H22N2O5/c27-22(16-31-21-10-9-17-3-1-2-4-20(17)15-21)25-11-13-26(14-12-25)23(28)18-5-7-19(8-6-18)24(29)30/h1-10,15H,11-14,16H2,(H,29,30). The van der Waals surface area contributed by atoms with E-state index in [0.717, 1.165) is 10.8 Å². The topological polar surface area (TPSA) is 87.2 Å². The largest absolute Gasteiger partial charge is 0.484 e. The van der Waals surface area contributed by atoms with Crippen LogP contribution in [0, 0.1) is 0 Å². The zero-order valence-corrected chi connectivity index (χ0v) is 16.9. The molecule has 7 nitrogen and oxygen atoms in total. The summed E-state index contributed by atoms with van der Waals surface area (Å²) in [6.45, 7) is 1.64. The summed E-state index contributed by atoms with van der Waals surface area (Å²) < 4.78 is 5.68. The van der Waals surface area contributed by atoms with Crippen molar-refractivity contribution < 1.29 is 24.2 Å². The molecule has 3 aromatic carbocycles. The zero-order valence-electron chi connectivity index (χ0n) is 16.9. The molecular formula is C24H22N2O5. The minimum atomic E-state index is -1.03. The van der Waals surface area contributed by atoms with Crippen LogP contribution in [-0.4, -0.2) is 65.5 Å². The van der Waals surface area contributed by atoms with E-state index >= 15 is 0 Å². The lowest BCUT2D eigenvalue weighted by Crippen LogP contribution is -2.51. The van der Waals surface area contributed by atoms with Crippen LogP contribution in [0.5, 0.6) is 5.75 Å². The second kappa shape index (κ2) is 8.87. The lowest BCUT2D eigenvalue weighted by molar-refractivity contribution is -0.134. The number of piperazine rings is 1. The highest BCUT2D eigenvalue weighted by Crippen LogP contribution is 2.20. The first kappa shape index (κ1) is 20.4. The number of nitrogens with zero attached hydrogens (tertiary/aromatic N) is 2. The summed E-state index contributed by atoms with van der Waals surface area (Å²) in [6, 6.07) is 19.5. The summed E-state index contributed by atoms with van der Waals surface area (Å²) in [5.41, 5.74) is 0.572. The molecule has 2 amide bonds. The van der Waals surface area contributed by atoms with E-state index in [-0.39, 0.29) is 24.0 Å². The number of benzene rings is 3. The van der Waals surface area contributed by atoms with Gasteiger partial charge < -0.3 is 19.6 Å². The average Bonchev–Trinajstić information content (AvgIpc) is 2.82. The van der Waals surface area contributed by atoms with Crippen molar-refractivity contribution in [3.63, 3.8) is 0 Å². The van der Waals surface area contributed by atoms with Crippen LogP contribution in [0.15, 0.2) is 66.7 Å². The van der Waals surface area contributed by atoms with Crippen molar-refractivity contribution in [3.8, 4) is 5.75 Å². The number of hydrogen-bond acceptors (Lipinski definition) is 4. The van der Waals surface area contributed by atoms with E-state index in [1.54, 1.807) is 9.80 Å². The van der Waals surface area contributed by atoms with Gasteiger partial charge in [-0.05, 0) is 47.2 Å². The number of carboxylic acids is 1. The number of aromatic carboxylic acids is 1. The van der Waals surface area contributed by atoms with Crippen LogP contribution in [0.25, 0.3) is 10.8 Å². The van der Waals surface area contributed by atoms with Gasteiger partial charge in [-0.2, -0.15) is 0 Å². The highest BCUT2D eigenvalue weighted by molar-refractivity contribution is 5.96. The van der Waals surface area contributed by atoms with E-state index in [1.165, 1.54) is 24.3 Å². The van der Waals surface area contributed by atoms with Gasteiger partial charge in [-0.15, -0.1) is 0 Å². The van der Waals surface area contributed by atoms with E-state index in [9.17, 15) is 14.4 Å². The Morgan fingerprint density at radius 3 is 2.06 bits per heavy atom. The van der Waals surface area contributed by atoms with Crippen LogP contribution >= 0.6 is 0 Å². The van der Waals surface area contributed by atoms with E-state index in [0.29, 0.717) is 37.5 Å². The molecule has 7 heteroatoms. The van der Waals surface area contributed by atoms with Gasteiger partial charge in [0.25, 0.3) is 11.8 Å². The molecule has 0 spiro atoms. The van der Waals surface area contributed by atoms with Crippen molar-refractivity contribution in [1.82, 2.24) is 9.80 Å². The van der Waals surface area contributed by atoms with Crippen molar-refractivity contribution >= 4 is 28.6 Å². The van der Waals surface area contributed by atoms with Gasteiger partial charge in [0.15, 0.2) is 6.61 Å². The Bertz CT molecular complexity index is 1120. The highest BCUT2D eigenvalue weighted by atomic mass is 16.5. The normalized spacial score (nSPS) is 13.8. The molecule has 1 saturated heterocycles. The molecule has 0 bridgehead atoms. The van der Waals surface area contributed by atoms with Gasteiger partial charge in [-0.1, -0.05) is 30.3 Å². The smallest absolute Gasteiger partial charge is 0.335 e. The van der Waals surface area contributed by atoms with Gasteiger partial charge in [-0.25, -0.2) is 4.79 Å². The number of amides is 2. The van der Waals surface area contributed by atoms with Gasteiger partial charge >= 0.3 is 5.97 Å². The Morgan fingerprint density at radius 2 is 1.39 bits per heavy atom. The number of ether oxygens (including phenoxy) is 1. The number of carboxylic acid groups (broad SMARTS) is 1. The first-order chi connectivity index (χ1) is 15.0. The van der Waals surface area contributed by atoms with Crippen molar-refractivity contribution in [2.45, 2.75) is 0 Å². The molecule has 0 aliphatic carbocycles. The van der Waals surface area contributed by atoms with Crippen LogP contribution < -0.4 is 4.74 Å². The molecule has 0 atom stereocenters. The predicted molar refractivity (Wildman–Crippen MR) is 115 cm³/mol. The summed E-state index contributed by atoms with van der Waals surface area (Å²) >= 11 is 0.